The van der Waals surface area contributed by atoms with Crippen molar-refractivity contribution in [2.45, 2.75) is 50.7 Å². The summed E-state index contributed by atoms with van der Waals surface area (Å²) >= 11 is 7.67. The van der Waals surface area contributed by atoms with E-state index >= 15 is 0 Å². The molecular formula is C20H21ClN2O2S. The molecule has 26 heavy (non-hydrogen) atoms. The van der Waals surface area contributed by atoms with Gasteiger partial charge in [0.25, 0.3) is 0 Å². The predicted molar refractivity (Wildman–Crippen MR) is 105 cm³/mol. The highest BCUT2D eigenvalue weighted by atomic mass is 35.5. The molecule has 2 aliphatic heterocycles. The molecule has 6 heteroatoms. The zero-order valence-corrected chi connectivity index (χ0v) is 16.0. The highest BCUT2D eigenvalue weighted by Crippen LogP contribution is 2.34. The molecule has 3 heterocycles. The van der Waals surface area contributed by atoms with E-state index in [0.29, 0.717) is 22.7 Å². The van der Waals surface area contributed by atoms with Crippen molar-refractivity contribution in [1.82, 2.24) is 4.90 Å². The molecule has 136 valence electrons. The molecule has 0 spiro atoms. The molecule has 2 atom stereocenters. The van der Waals surface area contributed by atoms with E-state index in [0.717, 1.165) is 25.1 Å². The third-order valence-corrected chi connectivity index (χ3v) is 6.32. The summed E-state index contributed by atoms with van der Waals surface area (Å²) in [5.74, 6) is -0.430. The van der Waals surface area contributed by atoms with E-state index in [-0.39, 0.29) is 0 Å². The van der Waals surface area contributed by atoms with Crippen molar-refractivity contribution in [3.8, 4) is 0 Å². The summed E-state index contributed by atoms with van der Waals surface area (Å²) in [5.41, 5.74) is 1.47. The van der Waals surface area contributed by atoms with Gasteiger partial charge in [0.05, 0.1) is 11.3 Å². The van der Waals surface area contributed by atoms with Crippen LogP contribution in [0.2, 0.25) is 5.02 Å². The average molecular weight is 389 g/mol. The largest absolute Gasteiger partial charge is 0.365 e. The molecule has 2 aromatic rings. The highest BCUT2D eigenvalue weighted by Gasteiger charge is 2.37. The summed E-state index contributed by atoms with van der Waals surface area (Å²) in [5, 5.41) is 6.94. The van der Waals surface area contributed by atoms with E-state index in [1.807, 2.05) is 11.3 Å². The van der Waals surface area contributed by atoms with Crippen LogP contribution in [-0.4, -0.2) is 28.7 Å². The Kier molecular flexibility index (Phi) is 5.38. The van der Waals surface area contributed by atoms with E-state index in [4.69, 9.17) is 16.4 Å². The summed E-state index contributed by atoms with van der Waals surface area (Å²) in [6.07, 6.45) is 5.41. The Labute approximate surface area is 162 Å². The quantitative estimate of drug-likeness (QED) is 0.538. The van der Waals surface area contributed by atoms with Gasteiger partial charge in [-0.15, -0.1) is 11.3 Å². The molecule has 0 saturated carbocycles. The maximum atomic E-state index is 12.1. The molecular weight excluding hydrogens is 368 g/mol. The van der Waals surface area contributed by atoms with Gasteiger partial charge in [-0.2, -0.15) is 0 Å². The Bertz CT molecular complexity index is 773. The number of rotatable bonds is 4. The number of hydrogen-bond acceptors (Lipinski definition) is 5. The fourth-order valence-corrected chi connectivity index (χ4v) is 4.78. The Morgan fingerprint density at radius 3 is 2.58 bits per heavy atom. The summed E-state index contributed by atoms with van der Waals surface area (Å²) in [7, 11) is 0. The summed E-state index contributed by atoms with van der Waals surface area (Å²) in [6.45, 7) is 1.02. The molecule has 1 aromatic carbocycles. The Balaban J connectivity index is 1.40. The molecule has 2 saturated heterocycles. The average Bonchev–Trinajstić information content (AvgIpc) is 3.13. The van der Waals surface area contributed by atoms with Crippen LogP contribution in [0.5, 0.6) is 0 Å². The third-order valence-electron chi connectivity index (χ3n) is 5.21. The van der Waals surface area contributed by atoms with Gasteiger partial charge in [0, 0.05) is 41.4 Å². The van der Waals surface area contributed by atoms with E-state index in [9.17, 15) is 4.79 Å². The number of fused-ring (bicyclic) bond motifs is 2. The van der Waals surface area contributed by atoms with Crippen LogP contribution in [0.3, 0.4) is 0 Å². The Morgan fingerprint density at radius 1 is 1.19 bits per heavy atom. The van der Waals surface area contributed by atoms with Crippen LogP contribution in [0.15, 0.2) is 46.9 Å². The maximum absolute atomic E-state index is 12.1. The minimum absolute atomic E-state index is 0.430. The van der Waals surface area contributed by atoms with Crippen molar-refractivity contribution in [1.29, 1.82) is 0 Å². The van der Waals surface area contributed by atoms with Crippen LogP contribution >= 0.6 is 22.9 Å². The molecule has 0 aliphatic carbocycles. The van der Waals surface area contributed by atoms with Crippen molar-refractivity contribution in [3.63, 3.8) is 0 Å². The molecule has 4 rings (SSSR count). The molecule has 0 radical (unpaired) electrons. The lowest BCUT2D eigenvalue weighted by Gasteiger charge is -2.46. The molecule has 0 unspecified atom stereocenters. The second-order valence-electron chi connectivity index (χ2n) is 6.94. The second-order valence-corrected chi connectivity index (χ2v) is 8.41. The van der Waals surface area contributed by atoms with Crippen LogP contribution in [0.25, 0.3) is 0 Å². The molecule has 1 aromatic heterocycles. The molecule has 0 N–H and O–H groups in total. The van der Waals surface area contributed by atoms with E-state index in [1.165, 1.54) is 24.1 Å². The molecule has 2 bridgehead atoms. The number of halogens is 1. The first-order chi connectivity index (χ1) is 12.7. The number of benzene rings is 1. The minimum Gasteiger partial charge on any atom is -0.313 e. The molecule has 2 aliphatic rings. The topological polar surface area (TPSA) is 41.9 Å². The lowest BCUT2D eigenvalue weighted by Crippen LogP contribution is -2.51. The molecule has 4 nitrogen and oxygen atoms in total. The van der Waals surface area contributed by atoms with Crippen molar-refractivity contribution in [3.05, 3.63) is 57.2 Å². The number of carbonyl (C=O) groups is 1. The highest BCUT2D eigenvalue weighted by molar-refractivity contribution is 7.09. The third kappa shape index (κ3) is 4.00. The lowest BCUT2D eigenvalue weighted by atomic mass is 9.83. The van der Waals surface area contributed by atoms with Crippen molar-refractivity contribution in [2.75, 3.05) is 0 Å². The first-order valence-corrected chi connectivity index (χ1v) is 10.3. The molecule has 0 amide bonds. The molecule has 2 fully saturated rings. The fourth-order valence-electron chi connectivity index (χ4n) is 3.94. The summed E-state index contributed by atoms with van der Waals surface area (Å²) in [6, 6.07) is 12.0. The van der Waals surface area contributed by atoms with Crippen LogP contribution in [-0.2, 0) is 11.4 Å². The van der Waals surface area contributed by atoms with Crippen molar-refractivity contribution >= 4 is 34.6 Å². The van der Waals surface area contributed by atoms with E-state index in [2.05, 4.69) is 27.6 Å². The standard InChI is InChI=1S/C20H21ClN2O2S/c21-15-8-6-14(7-9-15)20(24)25-22-16-11-17-3-1-4-18(12-16)23(17)13-19-5-2-10-26-19/h2,5-10,17-18H,1,3-4,11-13H2/t17-,18-/m1/s1. The van der Waals surface area contributed by atoms with Crippen LogP contribution < -0.4 is 0 Å². The van der Waals surface area contributed by atoms with Crippen LogP contribution in [0.4, 0.5) is 0 Å². The zero-order valence-electron chi connectivity index (χ0n) is 14.4. The van der Waals surface area contributed by atoms with Gasteiger partial charge in [-0.3, -0.25) is 4.90 Å². The smallest absolute Gasteiger partial charge is 0.313 e. The summed E-state index contributed by atoms with van der Waals surface area (Å²) in [4.78, 5) is 21.4. The lowest BCUT2D eigenvalue weighted by molar-refractivity contribution is 0.0478. The Morgan fingerprint density at radius 2 is 1.92 bits per heavy atom. The number of oxime groups is 1. The van der Waals surface area contributed by atoms with Crippen molar-refractivity contribution < 1.29 is 9.63 Å². The first kappa shape index (κ1) is 17.7. The number of thiophene rings is 1. The van der Waals surface area contributed by atoms with Gasteiger partial charge in [0.1, 0.15) is 0 Å². The first-order valence-electron chi connectivity index (χ1n) is 9.00. The van der Waals surface area contributed by atoms with Gasteiger partial charge >= 0.3 is 5.97 Å². The Hall–Kier alpha value is -1.69. The van der Waals surface area contributed by atoms with E-state index in [1.54, 1.807) is 24.3 Å². The number of nitrogens with zero attached hydrogens (tertiary/aromatic N) is 2. The number of hydrogen-bond donors (Lipinski definition) is 0. The number of carbonyl (C=O) groups excluding carboxylic acids is 1. The van der Waals surface area contributed by atoms with Crippen LogP contribution in [0, 0.1) is 0 Å². The van der Waals surface area contributed by atoms with Crippen LogP contribution in [0.1, 0.15) is 47.3 Å². The maximum Gasteiger partial charge on any atom is 0.365 e. The SMILES string of the molecule is O=C(ON=C1C[C@H]2CCC[C@H](C1)N2Cc1cccs1)c1ccc(Cl)cc1. The van der Waals surface area contributed by atoms with Gasteiger partial charge in [-0.05, 0) is 48.6 Å². The van der Waals surface area contributed by atoms with Gasteiger partial charge < -0.3 is 4.84 Å². The minimum atomic E-state index is -0.430. The predicted octanol–water partition coefficient (Wildman–Crippen LogP) is 5.13. The van der Waals surface area contributed by atoms with Gasteiger partial charge in [0.2, 0.25) is 0 Å². The summed E-state index contributed by atoms with van der Waals surface area (Å²) < 4.78 is 0. The van der Waals surface area contributed by atoms with E-state index < -0.39 is 5.97 Å². The second kappa shape index (κ2) is 7.91. The fraction of sp³-hybridized carbons (Fsp3) is 0.400. The number of piperidine rings is 2. The van der Waals surface area contributed by atoms with Gasteiger partial charge in [0.15, 0.2) is 0 Å². The normalized spacial score (nSPS) is 22.9. The van der Waals surface area contributed by atoms with Gasteiger partial charge in [-0.1, -0.05) is 29.2 Å². The monoisotopic (exact) mass is 388 g/mol. The van der Waals surface area contributed by atoms with Gasteiger partial charge in [-0.25, -0.2) is 4.79 Å². The zero-order chi connectivity index (χ0) is 17.9. The van der Waals surface area contributed by atoms with Crippen molar-refractivity contribution in [2.24, 2.45) is 5.16 Å².